The number of rotatable bonds is 5. The van der Waals surface area contributed by atoms with Gasteiger partial charge in [0.2, 0.25) is 0 Å². The predicted molar refractivity (Wildman–Crippen MR) is 85.4 cm³/mol. The van der Waals surface area contributed by atoms with Gasteiger partial charge in [-0.15, -0.1) is 0 Å². The average molecular weight is 289 g/mol. The summed E-state index contributed by atoms with van der Waals surface area (Å²) in [7, 11) is 0. The van der Waals surface area contributed by atoms with Crippen molar-refractivity contribution in [3.8, 4) is 0 Å². The number of nitrogens with one attached hydrogen (secondary N) is 2. The number of aromatic nitrogens is 2. The van der Waals surface area contributed by atoms with E-state index < -0.39 is 0 Å². The fourth-order valence-electron chi connectivity index (χ4n) is 1.75. The Morgan fingerprint density at radius 2 is 1.75 bits per heavy atom. The van der Waals surface area contributed by atoms with Crippen LogP contribution in [0.5, 0.6) is 0 Å². The lowest BCUT2D eigenvalue weighted by atomic mass is 10.0. The Hall–Kier alpha value is -1.79. The topological polar surface area (TPSA) is 75.9 Å². The number of hydrogen-bond acceptors (Lipinski definition) is 6. The quantitative estimate of drug-likeness (QED) is 0.339. The van der Waals surface area contributed by atoms with Gasteiger partial charge in [-0.25, -0.2) is 15.8 Å². The Labute approximate surface area is 123 Å². The zero-order valence-electron chi connectivity index (χ0n) is 11.8. The third-order valence-corrected chi connectivity index (χ3v) is 3.43. The first-order chi connectivity index (χ1) is 9.62. The van der Waals surface area contributed by atoms with Crippen LogP contribution in [0.25, 0.3) is 0 Å². The fraction of sp³-hybridized carbons (Fsp3) is 0.286. The summed E-state index contributed by atoms with van der Waals surface area (Å²) in [5.41, 5.74) is 4.85. The van der Waals surface area contributed by atoms with Crippen LogP contribution in [0, 0.1) is 0 Å². The van der Waals surface area contributed by atoms with Gasteiger partial charge in [0.05, 0.1) is 0 Å². The highest BCUT2D eigenvalue weighted by molar-refractivity contribution is 7.98. The largest absolute Gasteiger partial charge is 0.340 e. The molecular weight excluding hydrogens is 270 g/mol. The zero-order valence-corrected chi connectivity index (χ0v) is 12.7. The van der Waals surface area contributed by atoms with Crippen molar-refractivity contribution in [2.75, 3.05) is 17.0 Å². The van der Waals surface area contributed by atoms with Gasteiger partial charge in [0.15, 0.2) is 5.16 Å². The van der Waals surface area contributed by atoms with Crippen LogP contribution in [0.3, 0.4) is 0 Å². The standard InChI is InChI=1S/C14H19N5S/c1-9(2)10-4-6-11(7-5-10)16-12-8-13(19-15)18-14(17-12)20-3/h4-9H,15H2,1-3H3,(H2,16,17,18,19). The lowest BCUT2D eigenvalue weighted by Gasteiger charge is -2.10. The zero-order chi connectivity index (χ0) is 14.5. The normalized spacial score (nSPS) is 10.7. The lowest BCUT2D eigenvalue weighted by Crippen LogP contribution is -2.10. The summed E-state index contributed by atoms with van der Waals surface area (Å²) in [5, 5.41) is 3.93. The van der Waals surface area contributed by atoms with E-state index in [2.05, 4.69) is 46.7 Å². The highest BCUT2D eigenvalue weighted by atomic mass is 32.2. The molecule has 0 aliphatic rings. The second-order valence-corrected chi connectivity index (χ2v) is 5.44. The summed E-state index contributed by atoms with van der Waals surface area (Å²) in [6.45, 7) is 4.35. The summed E-state index contributed by atoms with van der Waals surface area (Å²) < 4.78 is 0. The van der Waals surface area contributed by atoms with Gasteiger partial charge in [-0.3, -0.25) is 0 Å². The molecule has 0 spiro atoms. The van der Waals surface area contributed by atoms with E-state index in [-0.39, 0.29) is 0 Å². The number of benzene rings is 1. The molecule has 20 heavy (non-hydrogen) atoms. The minimum absolute atomic E-state index is 0.527. The van der Waals surface area contributed by atoms with Crippen molar-refractivity contribution in [2.24, 2.45) is 5.84 Å². The van der Waals surface area contributed by atoms with Crippen LogP contribution < -0.4 is 16.6 Å². The molecule has 2 rings (SSSR count). The van der Waals surface area contributed by atoms with E-state index in [1.54, 1.807) is 6.07 Å². The molecule has 5 nitrogen and oxygen atoms in total. The SMILES string of the molecule is CSc1nc(NN)cc(Nc2ccc(C(C)C)cc2)n1. The minimum atomic E-state index is 0.527. The Kier molecular flexibility index (Phi) is 4.81. The summed E-state index contributed by atoms with van der Waals surface area (Å²) in [5.74, 6) is 7.24. The molecule has 0 radical (unpaired) electrons. The van der Waals surface area contributed by atoms with Crippen molar-refractivity contribution in [3.63, 3.8) is 0 Å². The predicted octanol–water partition coefficient (Wildman–Crippen LogP) is 3.35. The van der Waals surface area contributed by atoms with Crippen molar-refractivity contribution in [3.05, 3.63) is 35.9 Å². The molecule has 1 aromatic heterocycles. The summed E-state index contributed by atoms with van der Waals surface area (Å²) >= 11 is 1.47. The lowest BCUT2D eigenvalue weighted by molar-refractivity contribution is 0.867. The molecule has 0 bridgehead atoms. The molecule has 0 atom stereocenters. The smallest absolute Gasteiger partial charge is 0.191 e. The van der Waals surface area contributed by atoms with Crippen molar-refractivity contribution in [1.82, 2.24) is 9.97 Å². The number of hydrazine groups is 1. The van der Waals surface area contributed by atoms with E-state index >= 15 is 0 Å². The Morgan fingerprint density at radius 1 is 1.10 bits per heavy atom. The number of anilines is 3. The van der Waals surface area contributed by atoms with E-state index in [4.69, 9.17) is 5.84 Å². The van der Waals surface area contributed by atoms with Crippen LogP contribution in [0.1, 0.15) is 25.3 Å². The molecular formula is C14H19N5S. The molecule has 0 fully saturated rings. The van der Waals surface area contributed by atoms with Crippen LogP contribution in [0.15, 0.2) is 35.5 Å². The molecule has 4 N–H and O–H groups in total. The average Bonchev–Trinajstić information content (AvgIpc) is 2.47. The Bertz CT molecular complexity index is 546. The first-order valence-corrected chi connectivity index (χ1v) is 7.61. The molecule has 0 amide bonds. The number of nitrogens with zero attached hydrogens (tertiary/aromatic N) is 2. The Morgan fingerprint density at radius 3 is 2.30 bits per heavy atom. The number of nitrogen functional groups attached to an aromatic ring is 1. The molecule has 0 aliphatic heterocycles. The fourth-order valence-corrected chi connectivity index (χ4v) is 2.13. The van der Waals surface area contributed by atoms with Crippen molar-refractivity contribution in [2.45, 2.75) is 24.9 Å². The summed E-state index contributed by atoms with van der Waals surface area (Å²) in [6, 6.07) is 10.1. The second kappa shape index (κ2) is 6.58. The maximum absolute atomic E-state index is 5.41. The van der Waals surface area contributed by atoms with Crippen LogP contribution in [-0.4, -0.2) is 16.2 Å². The number of nitrogens with two attached hydrogens (primary N) is 1. The minimum Gasteiger partial charge on any atom is -0.340 e. The maximum Gasteiger partial charge on any atom is 0.191 e. The van der Waals surface area contributed by atoms with Crippen molar-refractivity contribution in [1.29, 1.82) is 0 Å². The molecule has 106 valence electrons. The van der Waals surface area contributed by atoms with Crippen LogP contribution >= 0.6 is 11.8 Å². The van der Waals surface area contributed by atoms with Crippen molar-refractivity contribution < 1.29 is 0 Å². The third kappa shape index (κ3) is 3.61. The maximum atomic E-state index is 5.41. The monoisotopic (exact) mass is 289 g/mol. The van der Waals surface area contributed by atoms with Crippen LogP contribution in [0.2, 0.25) is 0 Å². The van der Waals surface area contributed by atoms with Gasteiger partial charge < -0.3 is 10.7 Å². The highest BCUT2D eigenvalue weighted by Gasteiger charge is 2.04. The van der Waals surface area contributed by atoms with Gasteiger partial charge in [0, 0.05) is 11.8 Å². The summed E-state index contributed by atoms with van der Waals surface area (Å²) in [4.78, 5) is 8.62. The molecule has 0 unspecified atom stereocenters. The molecule has 0 saturated heterocycles. The van der Waals surface area contributed by atoms with Gasteiger partial charge in [-0.2, -0.15) is 0 Å². The van der Waals surface area contributed by atoms with E-state index in [0.717, 1.165) is 11.5 Å². The molecule has 1 aromatic carbocycles. The van der Waals surface area contributed by atoms with E-state index in [1.807, 2.05) is 18.4 Å². The first-order valence-electron chi connectivity index (χ1n) is 6.39. The van der Waals surface area contributed by atoms with E-state index in [9.17, 15) is 0 Å². The van der Waals surface area contributed by atoms with Crippen LogP contribution in [0.4, 0.5) is 17.3 Å². The number of thioether (sulfide) groups is 1. The van der Waals surface area contributed by atoms with Gasteiger partial charge in [-0.05, 0) is 29.9 Å². The van der Waals surface area contributed by atoms with Gasteiger partial charge in [0.25, 0.3) is 0 Å². The van der Waals surface area contributed by atoms with Gasteiger partial charge in [0.1, 0.15) is 11.6 Å². The molecule has 0 aliphatic carbocycles. The van der Waals surface area contributed by atoms with Gasteiger partial charge in [-0.1, -0.05) is 37.7 Å². The Balaban J connectivity index is 2.20. The molecule has 6 heteroatoms. The first kappa shape index (κ1) is 14.6. The molecule has 2 aromatic rings. The van der Waals surface area contributed by atoms with Gasteiger partial charge >= 0.3 is 0 Å². The van der Waals surface area contributed by atoms with E-state index in [1.165, 1.54) is 17.3 Å². The molecule has 1 heterocycles. The molecule has 0 saturated carbocycles. The third-order valence-electron chi connectivity index (χ3n) is 2.89. The number of hydrogen-bond donors (Lipinski definition) is 3. The highest BCUT2D eigenvalue weighted by Crippen LogP contribution is 2.22. The van der Waals surface area contributed by atoms with E-state index in [0.29, 0.717) is 16.9 Å². The van der Waals surface area contributed by atoms with Crippen LogP contribution in [-0.2, 0) is 0 Å². The summed E-state index contributed by atoms with van der Waals surface area (Å²) in [6.07, 6.45) is 1.93. The van der Waals surface area contributed by atoms with Crippen molar-refractivity contribution >= 4 is 29.1 Å². The second-order valence-electron chi connectivity index (χ2n) is 4.67.